The summed E-state index contributed by atoms with van der Waals surface area (Å²) in [6.45, 7) is 2.27. The Kier molecular flexibility index (Phi) is 8.49. The van der Waals surface area contributed by atoms with Crippen molar-refractivity contribution in [1.82, 2.24) is 4.90 Å². The highest BCUT2D eigenvalue weighted by molar-refractivity contribution is 6.25. The molecule has 0 saturated heterocycles. The van der Waals surface area contributed by atoms with Crippen LogP contribution in [0.25, 0.3) is 60.1 Å². The summed E-state index contributed by atoms with van der Waals surface area (Å²) in [7, 11) is 2.10. The molecule has 0 amide bonds. The van der Waals surface area contributed by atoms with E-state index in [4.69, 9.17) is 9.98 Å². The third-order valence-electron chi connectivity index (χ3n) is 11.4. The molecular weight excluding hydrogens is 679 g/mol. The summed E-state index contributed by atoms with van der Waals surface area (Å²) >= 11 is 0. The predicted octanol–water partition coefficient (Wildman–Crippen LogP) is 13.3. The number of nitrogens with zero attached hydrogens (tertiary/aromatic N) is 3. The largest absolute Gasteiger partial charge is 0.333 e. The van der Waals surface area contributed by atoms with E-state index in [1.807, 2.05) is 0 Å². The van der Waals surface area contributed by atoms with Crippen LogP contribution in [0.2, 0.25) is 0 Å². The van der Waals surface area contributed by atoms with Crippen molar-refractivity contribution in [3.8, 4) is 22.3 Å². The first-order valence-electron chi connectivity index (χ1n) is 19.6. The molecule has 2 unspecified atom stereocenters. The fourth-order valence-corrected chi connectivity index (χ4v) is 8.53. The van der Waals surface area contributed by atoms with Gasteiger partial charge in [-0.3, -0.25) is 0 Å². The summed E-state index contributed by atoms with van der Waals surface area (Å²) < 4.78 is 0. The van der Waals surface area contributed by atoms with Gasteiger partial charge in [-0.05, 0) is 108 Å². The number of hydrogen-bond donors (Lipinski definition) is 0. The van der Waals surface area contributed by atoms with E-state index in [0.717, 1.165) is 40.3 Å². The van der Waals surface area contributed by atoms with E-state index in [1.54, 1.807) is 0 Å². The first kappa shape index (κ1) is 33.7. The summed E-state index contributed by atoms with van der Waals surface area (Å²) in [5.74, 6) is 2.17. The molecule has 0 bridgehead atoms. The highest BCUT2D eigenvalue weighted by Gasteiger charge is 2.27. The zero-order valence-corrected chi connectivity index (χ0v) is 31.6. The lowest BCUT2D eigenvalue weighted by Gasteiger charge is -2.32. The second-order valence-corrected chi connectivity index (χ2v) is 15.1. The molecular formula is C53H41N3. The van der Waals surface area contributed by atoms with Crippen LogP contribution >= 0.6 is 0 Å². The van der Waals surface area contributed by atoms with Crippen LogP contribution in [-0.2, 0) is 0 Å². The number of amidine groups is 2. The molecule has 3 heteroatoms. The monoisotopic (exact) mass is 719 g/mol. The Morgan fingerprint density at radius 3 is 1.71 bits per heavy atom. The van der Waals surface area contributed by atoms with Crippen molar-refractivity contribution in [2.24, 2.45) is 15.9 Å². The molecule has 1 heterocycles. The molecule has 0 radical (unpaired) electrons. The quantitative estimate of drug-likeness (QED) is 0.157. The van der Waals surface area contributed by atoms with E-state index < -0.39 is 0 Å². The minimum Gasteiger partial charge on any atom is -0.333 e. The van der Waals surface area contributed by atoms with Crippen LogP contribution in [0.3, 0.4) is 0 Å². The minimum atomic E-state index is -0.262. The Morgan fingerprint density at radius 1 is 0.482 bits per heavy atom. The molecule has 0 aromatic heterocycles. The summed E-state index contributed by atoms with van der Waals surface area (Å²) in [5, 5.41) is 7.72. The fraction of sp³-hybridized carbons (Fsp3) is 0.0943. The van der Waals surface area contributed by atoms with Crippen molar-refractivity contribution in [3.05, 3.63) is 210 Å². The molecule has 0 fully saturated rings. The zero-order valence-electron chi connectivity index (χ0n) is 31.6. The van der Waals surface area contributed by atoms with Gasteiger partial charge in [0.2, 0.25) is 0 Å². The average Bonchev–Trinajstić information content (AvgIpc) is 3.27. The number of aliphatic imine (C=N–C) groups is 2. The maximum Gasteiger partial charge on any atom is 0.159 e. The Hall–Kier alpha value is -6.84. The van der Waals surface area contributed by atoms with E-state index in [0.29, 0.717) is 5.92 Å². The van der Waals surface area contributed by atoms with E-state index >= 15 is 0 Å². The van der Waals surface area contributed by atoms with Gasteiger partial charge in [0.05, 0.1) is 0 Å². The van der Waals surface area contributed by atoms with Gasteiger partial charge < -0.3 is 4.90 Å². The van der Waals surface area contributed by atoms with Crippen LogP contribution in [-0.4, -0.2) is 23.6 Å². The van der Waals surface area contributed by atoms with Gasteiger partial charge in [-0.1, -0.05) is 171 Å². The van der Waals surface area contributed by atoms with Gasteiger partial charge >= 0.3 is 0 Å². The van der Waals surface area contributed by atoms with Gasteiger partial charge in [0.15, 0.2) is 12.0 Å². The maximum atomic E-state index is 5.37. The molecule has 0 saturated carbocycles. The van der Waals surface area contributed by atoms with Crippen molar-refractivity contribution in [3.63, 3.8) is 0 Å². The third kappa shape index (κ3) is 6.12. The highest BCUT2D eigenvalue weighted by Crippen LogP contribution is 2.38. The summed E-state index contributed by atoms with van der Waals surface area (Å²) in [4.78, 5) is 12.8. The second kappa shape index (κ2) is 14.1. The van der Waals surface area contributed by atoms with Crippen molar-refractivity contribution >= 4 is 49.6 Å². The maximum absolute atomic E-state index is 5.37. The van der Waals surface area contributed by atoms with Crippen LogP contribution in [0, 0.1) is 5.92 Å². The van der Waals surface area contributed by atoms with Crippen molar-refractivity contribution in [1.29, 1.82) is 0 Å². The number of allylic oxidation sites excluding steroid dienone is 4. The molecule has 8 aromatic carbocycles. The average molecular weight is 720 g/mol. The topological polar surface area (TPSA) is 28.0 Å². The first-order chi connectivity index (χ1) is 27.6. The normalized spacial score (nSPS) is 16.9. The summed E-state index contributed by atoms with van der Waals surface area (Å²) in [5.41, 5.74) is 10.4. The molecule has 1 aliphatic heterocycles. The molecule has 2 aliphatic rings. The standard InChI is InChI=1S/C53H41N3/c1-35-14-10-17-37(30-35)40-20-12-22-43(32-40)51-54-52(36-15-4-3-5-16-36)56(2)53(55-51)44-23-13-21-41(33-44)38-18-11-19-39(31-38)42-28-29-49-47-26-7-6-24-45(47)46-25-8-9-27-48(46)50(49)34-42/h3-13,15-35,53H,14H2,1-2H3. The molecule has 56 heavy (non-hydrogen) atoms. The van der Waals surface area contributed by atoms with Crippen molar-refractivity contribution in [2.75, 3.05) is 7.05 Å². The van der Waals surface area contributed by atoms with Crippen LogP contribution in [0.5, 0.6) is 0 Å². The Labute approximate surface area is 328 Å². The van der Waals surface area contributed by atoms with E-state index in [-0.39, 0.29) is 6.17 Å². The minimum absolute atomic E-state index is 0.262. The van der Waals surface area contributed by atoms with Gasteiger partial charge in [0.1, 0.15) is 5.84 Å². The summed E-state index contributed by atoms with van der Waals surface area (Å²) in [6.07, 6.45) is 7.69. The van der Waals surface area contributed by atoms with E-state index in [2.05, 4.69) is 207 Å². The predicted molar refractivity (Wildman–Crippen MR) is 237 cm³/mol. The lowest BCUT2D eigenvalue weighted by molar-refractivity contribution is 0.383. The van der Waals surface area contributed by atoms with Gasteiger partial charge in [-0.2, -0.15) is 0 Å². The third-order valence-corrected chi connectivity index (χ3v) is 11.4. The lowest BCUT2D eigenvalue weighted by atomic mass is 9.91. The molecule has 0 N–H and O–H groups in total. The van der Waals surface area contributed by atoms with Crippen LogP contribution in [0.15, 0.2) is 198 Å². The van der Waals surface area contributed by atoms with E-state index in [1.165, 1.54) is 60.1 Å². The SMILES string of the molecule is CC1C=C(c2cccc(C3=NC(c4cccc(-c5cccc(-c6ccc7c8ccccc8c8ccccc8c7c6)c5)c4)N(C)C(c4ccccc4)=N3)c2)C=CC1. The molecule has 3 nitrogen and oxygen atoms in total. The van der Waals surface area contributed by atoms with Gasteiger partial charge in [-0.25, -0.2) is 9.98 Å². The molecule has 0 spiro atoms. The van der Waals surface area contributed by atoms with Gasteiger partial charge in [-0.15, -0.1) is 0 Å². The van der Waals surface area contributed by atoms with Gasteiger partial charge in [0, 0.05) is 18.2 Å². The highest BCUT2D eigenvalue weighted by atomic mass is 15.3. The molecule has 268 valence electrons. The first-order valence-corrected chi connectivity index (χ1v) is 19.6. The van der Waals surface area contributed by atoms with Crippen LogP contribution < -0.4 is 0 Å². The number of rotatable bonds is 6. The number of benzene rings is 8. The molecule has 10 rings (SSSR count). The second-order valence-electron chi connectivity index (χ2n) is 15.1. The number of fused-ring (bicyclic) bond motifs is 6. The van der Waals surface area contributed by atoms with Gasteiger partial charge in [0.25, 0.3) is 0 Å². The van der Waals surface area contributed by atoms with Crippen LogP contribution in [0.1, 0.15) is 41.8 Å². The van der Waals surface area contributed by atoms with Crippen LogP contribution in [0.4, 0.5) is 0 Å². The Bertz CT molecular complexity index is 2900. The lowest BCUT2D eigenvalue weighted by Crippen LogP contribution is -2.35. The molecule has 2 atom stereocenters. The molecule has 8 aromatic rings. The Morgan fingerprint density at radius 2 is 1.02 bits per heavy atom. The smallest absolute Gasteiger partial charge is 0.159 e. The van der Waals surface area contributed by atoms with Crippen molar-refractivity contribution < 1.29 is 0 Å². The fourth-order valence-electron chi connectivity index (χ4n) is 8.53. The molecule has 1 aliphatic carbocycles. The van der Waals surface area contributed by atoms with Crippen molar-refractivity contribution in [2.45, 2.75) is 19.5 Å². The Balaban J connectivity index is 1.04. The summed E-state index contributed by atoms with van der Waals surface area (Å²) in [6, 6.07) is 61.4. The zero-order chi connectivity index (χ0) is 37.6. The van der Waals surface area contributed by atoms with E-state index in [9.17, 15) is 0 Å². The number of hydrogen-bond acceptors (Lipinski definition) is 3.